The summed E-state index contributed by atoms with van der Waals surface area (Å²) in [4.78, 5) is 30.5. The fraction of sp³-hybridized carbons (Fsp3) is 0.273. The van der Waals surface area contributed by atoms with Crippen LogP contribution in [0.3, 0.4) is 0 Å². The van der Waals surface area contributed by atoms with Crippen molar-refractivity contribution in [2.24, 2.45) is 0 Å². The molecule has 8 heteroatoms. The molecule has 1 saturated heterocycles. The first-order valence-electron chi connectivity index (χ1n) is 10.0. The smallest absolute Gasteiger partial charge is 0.254 e. The van der Waals surface area contributed by atoms with Gasteiger partial charge in [-0.1, -0.05) is 17.4 Å². The molecule has 2 aromatic carbocycles. The van der Waals surface area contributed by atoms with Crippen molar-refractivity contribution in [1.82, 2.24) is 19.9 Å². The van der Waals surface area contributed by atoms with E-state index in [4.69, 9.17) is 9.72 Å². The monoisotopic (exact) mass is 419 g/mol. The van der Waals surface area contributed by atoms with Crippen LogP contribution in [0.4, 0.5) is 5.13 Å². The second-order valence-electron chi connectivity index (χ2n) is 7.07. The lowest BCUT2D eigenvalue weighted by Gasteiger charge is -2.34. The van der Waals surface area contributed by atoms with Crippen LogP contribution < -0.4 is 9.64 Å². The minimum atomic E-state index is 0.0325. The number of amides is 1. The van der Waals surface area contributed by atoms with Crippen molar-refractivity contribution in [2.45, 2.75) is 6.92 Å². The SMILES string of the molecule is CCOc1cccc2sc(N3CCN(C(=O)c4ccc5nccnc5c4)CC3)nc12. The molecule has 5 rings (SSSR count). The van der Waals surface area contributed by atoms with Gasteiger partial charge < -0.3 is 14.5 Å². The highest BCUT2D eigenvalue weighted by Crippen LogP contribution is 2.34. The van der Waals surface area contributed by atoms with Crippen LogP contribution in [0.2, 0.25) is 0 Å². The average Bonchev–Trinajstić information content (AvgIpc) is 3.24. The third-order valence-electron chi connectivity index (χ3n) is 5.22. The van der Waals surface area contributed by atoms with Crippen molar-refractivity contribution >= 4 is 43.6 Å². The summed E-state index contributed by atoms with van der Waals surface area (Å²) in [6, 6.07) is 11.5. The molecule has 30 heavy (non-hydrogen) atoms. The van der Waals surface area contributed by atoms with E-state index in [1.807, 2.05) is 42.2 Å². The molecule has 0 N–H and O–H groups in total. The minimum Gasteiger partial charge on any atom is -0.492 e. The second kappa shape index (κ2) is 7.87. The maximum Gasteiger partial charge on any atom is 0.254 e. The third-order valence-corrected chi connectivity index (χ3v) is 6.31. The van der Waals surface area contributed by atoms with Crippen LogP contribution in [0, 0.1) is 0 Å². The van der Waals surface area contributed by atoms with Gasteiger partial charge in [0.1, 0.15) is 11.3 Å². The van der Waals surface area contributed by atoms with Crippen LogP contribution in [0.15, 0.2) is 48.8 Å². The number of para-hydroxylation sites is 1. The van der Waals surface area contributed by atoms with Gasteiger partial charge >= 0.3 is 0 Å². The van der Waals surface area contributed by atoms with E-state index < -0.39 is 0 Å². The Morgan fingerprint density at radius 3 is 2.67 bits per heavy atom. The number of fused-ring (bicyclic) bond motifs is 2. The number of hydrogen-bond acceptors (Lipinski definition) is 7. The number of carbonyl (C=O) groups is 1. The highest BCUT2D eigenvalue weighted by molar-refractivity contribution is 7.22. The molecule has 0 unspecified atom stereocenters. The molecule has 1 amide bonds. The number of benzene rings is 2. The predicted octanol–water partition coefficient (Wildman–Crippen LogP) is 3.60. The summed E-state index contributed by atoms with van der Waals surface area (Å²) in [6.07, 6.45) is 3.30. The molecule has 0 bridgehead atoms. The fourth-order valence-electron chi connectivity index (χ4n) is 3.70. The van der Waals surface area contributed by atoms with Crippen molar-refractivity contribution in [1.29, 1.82) is 0 Å². The summed E-state index contributed by atoms with van der Waals surface area (Å²) < 4.78 is 6.83. The highest BCUT2D eigenvalue weighted by atomic mass is 32.1. The first-order valence-corrected chi connectivity index (χ1v) is 10.8. The standard InChI is InChI=1S/C22H21N5O2S/c1-2-29-18-4-3-5-19-20(18)25-22(30-19)27-12-10-26(11-13-27)21(28)15-6-7-16-17(14-15)24-9-8-23-16/h3-9,14H,2,10-13H2,1H3. The van der Waals surface area contributed by atoms with E-state index in [1.54, 1.807) is 23.7 Å². The first-order chi connectivity index (χ1) is 14.7. The van der Waals surface area contributed by atoms with Gasteiger partial charge in [-0.2, -0.15) is 0 Å². The molecular formula is C22H21N5O2S. The molecule has 3 heterocycles. The van der Waals surface area contributed by atoms with Crippen LogP contribution in [-0.4, -0.2) is 58.5 Å². The molecule has 152 valence electrons. The van der Waals surface area contributed by atoms with Crippen molar-refractivity contribution in [2.75, 3.05) is 37.7 Å². The van der Waals surface area contributed by atoms with E-state index in [2.05, 4.69) is 20.9 Å². The number of piperazine rings is 1. The summed E-state index contributed by atoms with van der Waals surface area (Å²) >= 11 is 1.67. The molecule has 2 aromatic heterocycles. The molecule has 1 aliphatic rings. The Morgan fingerprint density at radius 1 is 1.07 bits per heavy atom. The number of aromatic nitrogens is 3. The molecule has 0 radical (unpaired) electrons. The Morgan fingerprint density at radius 2 is 1.87 bits per heavy atom. The number of nitrogens with zero attached hydrogens (tertiary/aromatic N) is 5. The van der Waals surface area contributed by atoms with Crippen molar-refractivity contribution in [3.63, 3.8) is 0 Å². The largest absolute Gasteiger partial charge is 0.492 e. The van der Waals surface area contributed by atoms with Gasteiger partial charge in [0.2, 0.25) is 0 Å². The second-order valence-corrected chi connectivity index (χ2v) is 8.08. The van der Waals surface area contributed by atoms with Gasteiger partial charge in [0.25, 0.3) is 5.91 Å². The number of ether oxygens (including phenoxy) is 1. The minimum absolute atomic E-state index is 0.0325. The molecule has 1 fully saturated rings. The van der Waals surface area contributed by atoms with Crippen molar-refractivity contribution in [3.8, 4) is 5.75 Å². The van der Waals surface area contributed by atoms with Crippen LogP contribution in [0.1, 0.15) is 17.3 Å². The van der Waals surface area contributed by atoms with Gasteiger partial charge in [-0.3, -0.25) is 14.8 Å². The van der Waals surface area contributed by atoms with E-state index >= 15 is 0 Å². The lowest BCUT2D eigenvalue weighted by molar-refractivity contribution is 0.0747. The Hall–Kier alpha value is -3.26. The fourth-order valence-corrected chi connectivity index (χ4v) is 4.73. The van der Waals surface area contributed by atoms with Crippen LogP contribution in [-0.2, 0) is 0 Å². The van der Waals surface area contributed by atoms with E-state index in [-0.39, 0.29) is 5.91 Å². The summed E-state index contributed by atoms with van der Waals surface area (Å²) in [5.41, 5.74) is 3.09. The molecule has 0 aliphatic carbocycles. The molecule has 1 aliphatic heterocycles. The Balaban J connectivity index is 1.30. The topological polar surface area (TPSA) is 71.5 Å². The summed E-state index contributed by atoms with van der Waals surface area (Å²) in [5.74, 6) is 0.857. The number of rotatable bonds is 4. The zero-order valence-corrected chi connectivity index (χ0v) is 17.4. The van der Waals surface area contributed by atoms with Crippen LogP contribution >= 0.6 is 11.3 Å². The Labute approximate surface area is 177 Å². The van der Waals surface area contributed by atoms with Gasteiger partial charge in [0.05, 0.1) is 22.3 Å². The molecule has 4 aromatic rings. The average molecular weight is 420 g/mol. The third kappa shape index (κ3) is 3.43. The Kier molecular flexibility index (Phi) is 4.92. The Bertz CT molecular complexity index is 1220. The van der Waals surface area contributed by atoms with Gasteiger partial charge in [-0.25, -0.2) is 4.98 Å². The lowest BCUT2D eigenvalue weighted by atomic mass is 10.1. The normalized spacial score (nSPS) is 14.4. The molecule has 0 atom stereocenters. The molecule has 0 spiro atoms. The molecular weight excluding hydrogens is 398 g/mol. The predicted molar refractivity (Wildman–Crippen MR) is 118 cm³/mol. The number of anilines is 1. The van der Waals surface area contributed by atoms with E-state index in [0.717, 1.165) is 45.2 Å². The van der Waals surface area contributed by atoms with Gasteiger partial charge in [0.15, 0.2) is 5.13 Å². The maximum atomic E-state index is 13.0. The summed E-state index contributed by atoms with van der Waals surface area (Å²) in [5, 5.41) is 0.977. The van der Waals surface area contributed by atoms with Crippen molar-refractivity contribution in [3.05, 3.63) is 54.4 Å². The quantitative estimate of drug-likeness (QED) is 0.503. The summed E-state index contributed by atoms with van der Waals surface area (Å²) in [6.45, 7) is 5.42. The number of carbonyl (C=O) groups excluding carboxylic acids is 1. The van der Waals surface area contributed by atoms with Gasteiger partial charge in [-0.05, 0) is 37.3 Å². The van der Waals surface area contributed by atoms with E-state index in [0.29, 0.717) is 25.3 Å². The zero-order valence-electron chi connectivity index (χ0n) is 16.6. The maximum absolute atomic E-state index is 13.0. The zero-order chi connectivity index (χ0) is 20.5. The summed E-state index contributed by atoms with van der Waals surface area (Å²) in [7, 11) is 0. The van der Waals surface area contributed by atoms with E-state index in [9.17, 15) is 4.79 Å². The molecule has 7 nitrogen and oxygen atoms in total. The molecule has 0 saturated carbocycles. The lowest BCUT2D eigenvalue weighted by Crippen LogP contribution is -2.48. The van der Waals surface area contributed by atoms with Gasteiger partial charge in [-0.15, -0.1) is 0 Å². The highest BCUT2D eigenvalue weighted by Gasteiger charge is 2.24. The van der Waals surface area contributed by atoms with Gasteiger partial charge in [0, 0.05) is 44.1 Å². The van der Waals surface area contributed by atoms with E-state index in [1.165, 1.54) is 0 Å². The van der Waals surface area contributed by atoms with Crippen LogP contribution in [0.5, 0.6) is 5.75 Å². The number of hydrogen-bond donors (Lipinski definition) is 0. The van der Waals surface area contributed by atoms with Crippen molar-refractivity contribution < 1.29 is 9.53 Å². The first kappa shape index (κ1) is 18.7. The number of thiazole rings is 1. The van der Waals surface area contributed by atoms with Crippen LogP contribution in [0.25, 0.3) is 21.3 Å².